The summed E-state index contributed by atoms with van der Waals surface area (Å²) < 4.78 is 24.7. The minimum absolute atomic E-state index is 0.0715. The number of carbonyl (C=O) groups is 1. The van der Waals surface area contributed by atoms with Crippen LogP contribution < -0.4 is 5.32 Å². The molecule has 160 valence electrons. The molecular weight excluding hydrogens is 388 g/mol. The predicted molar refractivity (Wildman–Crippen MR) is 110 cm³/mol. The zero-order valence-corrected chi connectivity index (χ0v) is 18.2. The first kappa shape index (κ1) is 20.7. The molecule has 7 nitrogen and oxygen atoms in total. The van der Waals surface area contributed by atoms with Crippen molar-refractivity contribution in [2.24, 2.45) is 23.2 Å². The highest BCUT2D eigenvalue weighted by Gasteiger charge is 2.53. The Morgan fingerprint density at radius 3 is 2.07 bits per heavy atom. The highest BCUT2D eigenvalue weighted by atomic mass is 32.2. The summed E-state index contributed by atoms with van der Waals surface area (Å²) >= 11 is 0. The van der Waals surface area contributed by atoms with Crippen molar-refractivity contribution in [3.8, 4) is 6.07 Å². The van der Waals surface area contributed by atoms with Gasteiger partial charge in [0, 0.05) is 38.4 Å². The van der Waals surface area contributed by atoms with E-state index < -0.39 is 10.0 Å². The SMILES string of the molecule is CC(NC(=O)/C(C#N)=C\N1CCN(S(C)(=O)=O)CC1)C12CC3CC(CC(C3)C1)C2. The number of piperazine rings is 1. The maximum atomic E-state index is 12.8. The summed E-state index contributed by atoms with van der Waals surface area (Å²) in [6, 6.07) is 2.12. The molecule has 1 N–H and O–H groups in total. The maximum Gasteiger partial charge on any atom is 0.263 e. The summed E-state index contributed by atoms with van der Waals surface area (Å²) in [5, 5.41) is 12.7. The normalized spacial score (nSPS) is 36.0. The van der Waals surface area contributed by atoms with Gasteiger partial charge < -0.3 is 10.2 Å². The lowest BCUT2D eigenvalue weighted by Crippen LogP contribution is -2.56. The lowest BCUT2D eigenvalue weighted by molar-refractivity contribution is -0.122. The van der Waals surface area contributed by atoms with E-state index in [-0.39, 0.29) is 22.9 Å². The minimum Gasteiger partial charge on any atom is -0.373 e. The predicted octanol–water partition coefficient (Wildman–Crippen LogP) is 1.69. The third kappa shape index (κ3) is 4.17. The Bertz CT molecular complexity index is 801. The molecule has 0 radical (unpaired) electrons. The fourth-order valence-corrected chi connectivity index (χ4v) is 7.45. The van der Waals surface area contributed by atoms with E-state index in [9.17, 15) is 18.5 Å². The smallest absolute Gasteiger partial charge is 0.263 e. The molecule has 1 unspecified atom stereocenters. The van der Waals surface area contributed by atoms with E-state index in [0.717, 1.165) is 17.8 Å². The molecule has 29 heavy (non-hydrogen) atoms. The summed E-state index contributed by atoms with van der Waals surface area (Å²) in [5.74, 6) is 2.15. The van der Waals surface area contributed by atoms with E-state index in [2.05, 4.69) is 12.2 Å². The van der Waals surface area contributed by atoms with Crippen LogP contribution in [0.1, 0.15) is 45.4 Å². The van der Waals surface area contributed by atoms with Gasteiger partial charge in [0.15, 0.2) is 0 Å². The van der Waals surface area contributed by atoms with Crippen molar-refractivity contribution in [2.75, 3.05) is 32.4 Å². The van der Waals surface area contributed by atoms with Crippen molar-refractivity contribution < 1.29 is 13.2 Å². The molecule has 4 saturated carbocycles. The van der Waals surface area contributed by atoms with Crippen molar-refractivity contribution in [3.63, 3.8) is 0 Å². The largest absolute Gasteiger partial charge is 0.373 e. The molecule has 0 spiro atoms. The Balaban J connectivity index is 1.38. The highest BCUT2D eigenvalue weighted by molar-refractivity contribution is 7.88. The summed E-state index contributed by atoms with van der Waals surface area (Å²) in [5.41, 5.74) is 0.306. The van der Waals surface area contributed by atoms with Gasteiger partial charge in [-0.15, -0.1) is 0 Å². The molecule has 1 amide bonds. The van der Waals surface area contributed by atoms with Crippen LogP contribution in [0.2, 0.25) is 0 Å². The van der Waals surface area contributed by atoms with E-state index in [1.165, 1.54) is 49.1 Å². The molecule has 1 heterocycles. The summed E-state index contributed by atoms with van der Waals surface area (Å²) in [4.78, 5) is 14.7. The molecule has 1 aliphatic heterocycles. The number of sulfonamides is 1. The fraction of sp³-hybridized carbons (Fsp3) is 0.810. The van der Waals surface area contributed by atoms with E-state index in [0.29, 0.717) is 26.2 Å². The van der Waals surface area contributed by atoms with Crippen LogP contribution in [0, 0.1) is 34.5 Å². The molecule has 0 aromatic carbocycles. The van der Waals surface area contributed by atoms with Gasteiger partial charge in [-0.25, -0.2) is 8.42 Å². The molecule has 5 aliphatic rings. The second kappa shape index (κ2) is 7.59. The molecule has 4 aliphatic carbocycles. The van der Waals surface area contributed by atoms with Crippen LogP contribution in [-0.4, -0.2) is 62.0 Å². The zero-order valence-electron chi connectivity index (χ0n) is 17.4. The Morgan fingerprint density at radius 2 is 1.62 bits per heavy atom. The molecular formula is C21H32N4O3S. The Morgan fingerprint density at radius 1 is 1.10 bits per heavy atom. The molecule has 1 atom stereocenters. The summed E-state index contributed by atoms with van der Waals surface area (Å²) in [6.45, 7) is 3.83. The number of hydrogen-bond acceptors (Lipinski definition) is 5. The minimum atomic E-state index is -3.20. The average Bonchev–Trinajstić information content (AvgIpc) is 2.64. The van der Waals surface area contributed by atoms with Gasteiger partial charge in [-0.1, -0.05) is 0 Å². The van der Waals surface area contributed by atoms with E-state index in [4.69, 9.17) is 0 Å². The average molecular weight is 421 g/mol. The maximum absolute atomic E-state index is 12.8. The Hall–Kier alpha value is -1.59. The van der Waals surface area contributed by atoms with Crippen molar-refractivity contribution in [2.45, 2.75) is 51.5 Å². The molecule has 4 bridgehead atoms. The Kier molecular flexibility index (Phi) is 5.41. The van der Waals surface area contributed by atoms with Gasteiger partial charge in [0.1, 0.15) is 11.6 Å². The number of rotatable bonds is 5. The molecule has 8 heteroatoms. The second-order valence-electron chi connectivity index (χ2n) is 9.83. The van der Waals surface area contributed by atoms with Crippen LogP contribution in [0.5, 0.6) is 0 Å². The van der Waals surface area contributed by atoms with Crippen molar-refractivity contribution >= 4 is 15.9 Å². The third-order valence-corrected chi connectivity index (χ3v) is 9.07. The van der Waals surface area contributed by atoms with Crippen LogP contribution in [-0.2, 0) is 14.8 Å². The van der Waals surface area contributed by atoms with Crippen LogP contribution in [0.15, 0.2) is 11.8 Å². The van der Waals surface area contributed by atoms with Crippen LogP contribution >= 0.6 is 0 Å². The van der Waals surface area contributed by atoms with Gasteiger partial charge in [-0.3, -0.25) is 4.79 Å². The van der Waals surface area contributed by atoms with E-state index in [1.54, 1.807) is 6.20 Å². The first-order valence-electron chi connectivity index (χ1n) is 10.8. The molecule has 0 aromatic rings. The van der Waals surface area contributed by atoms with Crippen molar-refractivity contribution in [3.05, 3.63) is 11.8 Å². The molecule has 0 aromatic heterocycles. The third-order valence-electron chi connectivity index (χ3n) is 7.77. The number of nitriles is 1. The lowest BCUT2D eigenvalue weighted by atomic mass is 9.48. The Labute approximate surface area is 174 Å². The molecule has 1 saturated heterocycles. The number of amides is 1. The summed E-state index contributed by atoms with van der Waals surface area (Å²) in [7, 11) is -3.20. The number of nitrogens with one attached hydrogen (secondary N) is 1. The highest BCUT2D eigenvalue weighted by Crippen LogP contribution is 2.61. The number of carbonyl (C=O) groups excluding carboxylic acids is 1. The van der Waals surface area contributed by atoms with Crippen LogP contribution in [0.4, 0.5) is 0 Å². The molecule has 5 rings (SSSR count). The first-order valence-corrected chi connectivity index (χ1v) is 12.7. The van der Waals surface area contributed by atoms with E-state index >= 15 is 0 Å². The van der Waals surface area contributed by atoms with Gasteiger partial charge in [0.2, 0.25) is 10.0 Å². The van der Waals surface area contributed by atoms with Gasteiger partial charge in [-0.05, 0) is 68.6 Å². The van der Waals surface area contributed by atoms with Gasteiger partial charge in [-0.2, -0.15) is 9.57 Å². The van der Waals surface area contributed by atoms with Crippen molar-refractivity contribution in [1.29, 1.82) is 5.26 Å². The van der Waals surface area contributed by atoms with Gasteiger partial charge >= 0.3 is 0 Å². The monoisotopic (exact) mass is 420 g/mol. The number of nitrogens with zero attached hydrogens (tertiary/aromatic N) is 3. The van der Waals surface area contributed by atoms with Crippen LogP contribution in [0.25, 0.3) is 0 Å². The van der Waals surface area contributed by atoms with Gasteiger partial charge in [0.25, 0.3) is 5.91 Å². The second-order valence-corrected chi connectivity index (χ2v) is 11.8. The number of hydrogen-bond donors (Lipinski definition) is 1. The van der Waals surface area contributed by atoms with Crippen molar-refractivity contribution in [1.82, 2.24) is 14.5 Å². The first-order chi connectivity index (χ1) is 13.7. The van der Waals surface area contributed by atoms with Gasteiger partial charge in [0.05, 0.1) is 6.26 Å². The standard InChI is InChI=1S/C21H32N4O3S/c1-15(21-10-16-7-17(11-21)9-18(8-16)12-21)23-20(26)19(13-22)14-24-3-5-25(6-4-24)29(2,27)28/h14-18H,3-12H2,1-2H3,(H,23,26)/b19-14-. The zero-order chi connectivity index (χ0) is 20.8. The lowest BCUT2D eigenvalue weighted by Gasteiger charge is -2.59. The van der Waals surface area contributed by atoms with Crippen LogP contribution in [0.3, 0.4) is 0 Å². The quantitative estimate of drug-likeness (QED) is 0.540. The van der Waals surface area contributed by atoms with E-state index in [1.807, 2.05) is 11.0 Å². The summed E-state index contributed by atoms with van der Waals surface area (Å²) in [6.07, 6.45) is 10.5. The molecule has 5 fully saturated rings. The fourth-order valence-electron chi connectivity index (χ4n) is 6.62. The topological polar surface area (TPSA) is 93.5 Å².